The number of nitrogens with zero attached hydrogens (tertiary/aromatic N) is 1. The summed E-state index contributed by atoms with van der Waals surface area (Å²) in [7, 11) is 0. The van der Waals surface area contributed by atoms with Crippen LogP contribution in [-0.2, 0) is 16.1 Å². The van der Waals surface area contributed by atoms with E-state index in [2.05, 4.69) is 5.32 Å². The first-order valence-corrected chi connectivity index (χ1v) is 7.14. The molecule has 1 rings (SSSR count). The molecule has 0 bridgehead atoms. The maximum Gasteiger partial charge on any atom is 0.222 e. The Balaban J connectivity index is 2.53. The van der Waals surface area contributed by atoms with Crippen molar-refractivity contribution in [1.29, 1.82) is 0 Å². The third-order valence-electron chi connectivity index (χ3n) is 3.08. The summed E-state index contributed by atoms with van der Waals surface area (Å²) in [6.07, 6.45) is 0.477. The minimum atomic E-state index is -0.0283. The minimum Gasteiger partial charge on any atom is -0.354 e. The van der Waals surface area contributed by atoms with Crippen molar-refractivity contribution in [3.05, 3.63) is 35.9 Å². The monoisotopic (exact) mass is 276 g/mol. The Bertz CT molecular complexity index is 429. The van der Waals surface area contributed by atoms with Crippen LogP contribution in [0, 0.1) is 5.92 Å². The van der Waals surface area contributed by atoms with Crippen molar-refractivity contribution < 1.29 is 9.59 Å². The molecule has 0 fully saturated rings. The number of hydrogen-bond donors (Lipinski definition) is 1. The van der Waals surface area contributed by atoms with Gasteiger partial charge in [-0.3, -0.25) is 9.59 Å². The predicted octanol–water partition coefficient (Wildman–Crippen LogP) is 2.20. The largest absolute Gasteiger partial charge is 0.354 e. The normalized spacial score (nSPS) is 10.4. The topological polar surface area (TPSA) is 49.4 Å². The Kier molecular flexibility index (Phi) is 6.77. The van der Waals surface area contributed by atoms with Gasteiger partial charge in [-0.25, -0.2) is 0 Å². The molecule has 1 N–H and O–H groups in total. The van der Waals surface area contributed by atoms with Crippen molar-refractivity contribution in [3.63, 3.8) is 0 Å². The molecule has 0 heterocycles. The average Bonchev–Trinajstić information content (AvgIpc) is 2.46. The van der Waals surface area contributed by atoms with Gasteiger partial charge in [0.05, 0.1) is 0 Å². The standard InChI is InChI=1S/C16H24N2O2/c1-4-15(19)18(11-10-17-16(20)13(2)3)12-14-8-6-5-7-9-14/h5-9,13H,4,10-12H2,1-3H3,(H,17,20). The molecular weight excluding hydrogens is 252 g/mol. The zero-order valence-corrected chi connectivity index (χ0v) is 12.6. The van der Waals surface area contributed by atoms with E-state index in [0.717, 1.165) is 5.56 Å². The third kappa shape index (κ3) is 5.43. The molecule has 1 aromatic rings. The second kappa shape index (κ2) is 8.35. The maximum absolute atomic E-state index is 11.9. The number of amides is 2. The molecule has 0 spiro atoms. The molecule has 20 heavy (non-hydrogen) atoms. The molecule has 0 aromatic heterocycles. The van der Waals surface area contributed by atoms with Gasteiger partial charge in [0.2, 0.25) is 11.8 Å². The van der Waals surface area contributed by atoms with E-state index in [1.807, 2.05) is 51.1 Å². The highest BCUT2D eigenvalue weighted by Crippen LogP contribution is 2.05. The molecule has 0 unspecified atom stereocenters. The molecule has 0 aliphatic rings. The summed E-state index contributed by atoms with van der Waals surface area (Å²) in [5.41, 5.74) is 1.10. The lowest BCUT2D eigenvalue weighted by Crippen LogP contribution is -2.39. The van der Waals surface area contributed by atoms with Gasteiger partial charge in [0.25, 0.3) is 0 Å². The molecule has 4 nitrogen and oxygen atoms in total. The highest BCUT2D eigenvalue weighted by Gasteiger charge is 2.13. The molecule has 2 amide bonds. The van der Waals surface area contributed by atoms with Crippen LogP contribution in [-0.4, -0.2) is 29.8 Å². The van der Waals surface area contributed by atoms with Gasteiger partial charge in [-0.05, 0) is 5.56 Å². The zero-order valence-electron chi connectivity index (χ0n) is 12.6. The number of carbonyl (C=O) groups excluding carboxylic acids is 2. The van der Waals surface area contributed by atoms with Gasteiger partial charge in [-0.1, -0.05) is 51.1 Å². The molecular formula is C16H24N2O2. The number of benzene rings is 1. The minimum absolute atomic E-state index is 0.0219. The highest BCUT2D eigenvalue weighted by atomic mass is 16.2. The van der Waals surface area contributed by atoms with Gasteiger partial charge in [0.15, 0.2) is 0 Å². The Morgan fingerprint density at radius 3 is 2.40 bits per heavy atom. The summed E-state index contributed by atoms with van der Waals surface area (Å²) in [4.78, 5) is 25.2. The molecule has 110 valence electrons. The fourth-order valence-corrected chi connectivity index (χ4v) is 1.84. The second-order valence-corrected chi connectivity index (χ2v) is 5.10. The first-order valence-electron chi connectivity index (χ1n) is 7.14. The van der Waals surface area contributed by atoms with E-state index < -0.39 is 0 Å². The molecule has 1 aromatic carbocycles. The van der Waals surface area contributed by atoms with Gasteiger partial charge in [-0.2, -0.15) is 0 Å². The summed E-state index contributed by atoms with van der Waals surface area (Å²) in [5.74, 6) is 0.0979. The van der Waals surface area contributed by atoms with Gasteiger partial charge in [-0.15, -0.1) is 0 Å². The van der Waals surface area contributed by atoms with Gasteiger partial charge >= 0.3 is 0 Å². The number of hydrogen-bond acceptors (Lipinski definition) is 2. The lowest BCUT2D eigenvalue weighted by atomic mass is 10.2. The second-order valence-electron chi connectivity index (χ2n) is 5.10. The first kappa shape index (κ1) is 16.2. The van der Waals surface area contributed by atoms with Crippen LogP contribution in [0.3, 0.4) is 0 Å². The average molecular weight is 276 g/mol. The van der Waals surface area contributed by atoms with Crippen molar-refractivity contribution >= 4 is 11.8 Å². The van der Waals surface area contributed by atoms with Crippen LogP contribution in [0.4, 0.5) is 0 Å². The van der Waals surface area contributed by atoms with E-state index in [1.165, 1.54) is 0 Å². The van der Waals surface area contributed by atoms with Crippen LogP contribution in [0.1, 0.15) is 32.8 Å². The molecule has 0 radical (unpaired) electrons. The third-order valence-corrected chi connectivity index (χ3v) is 3.08. The Morgan fingerprint density at radius 2 is 1.85 bits per heavy atom. The number of nitrogens with one attached hydrogen (secondary N) is 1. The molecule has 4 heteroatoms. The van der Waals surface area contributed by atoms with Crippen LogP contribution in [0.5, 0.6) is 0 Å². The lowest BCUT2D eigenvalue weighted by Gasteiger charge is -2.23. The van der Waals surface area contributed by atoms with Crippen LogP contribution in [0.2, 0.25) is 0 Å². The quantitative estimate of drug-likeness (QED) is 0.830. The highest BCUT2D eigenvalue weighted by molar-refractivity contribution is 5.78. The first-order chi connectivity index (χ1) is 9.54. The molecule has 0 saturated carbocycles. The van der Waals surface area contributed by atoms with E-state index in [1.54, 1.807) is 4.90 Å². The molecule has 0 aliphatic carbocycles. The van der Waals surface area contributed by atoms with Gasteiger partial charge < -0.3 is 10.2 Å². The maximum atomic E-state index is 11.9. The Hall–Kier alpha value is -1.84. The number of carbonyl (C=O) groups is 2. The lowest BCUT2D eigenvalue weighted by molar-refractivity contribution is -0.132. The van der Waals surface area contributed by atoms with Crippen molar-refractivity contribution in [2.75, 3.05) is 13.1 Å². The van der Waals surface area contributed by atoms with E-state index in [9.17, 15) is 9.59 Å². The van der Waals surface area contributed by atoms with E-state index in [0.29, 0.717) is 26.1 Å². The summed E-state index contributed by atoms with van der Waals surface area (Å²) < 4.78 is 0. The molecule has 0 saturated heterocycles. The fraction of sp³-hybridized carbons (Fsp3) is 0.500. The van der Waals surface area contributed by atoms with Crippen molar-refractivity contribution in [2.45, 2.75) is 33.7 Å². The van der Waals surface area contributed by atoms with E-state index in [4.69, 9.17) is 0 Å². The summed E-state index contributed by atoms with van der Waals surface area (Å²) in [6.45, 7) is 7.19. The summed E-state index contributed by atoms with van der Waals surface area (Å²) in [5, 5.41) is 2.84. The van der Waals surface area contributed by atoms with Crippen LogP contribution < -0.4 is 5.32 Å². The summed E-state index contributed by atoms with van der Waals surface area (Å²) in [6, 6.07) is 9.89. The van der Waals surface area contributed by atoms with Gasteiger partial charge in [0, 0.05) is 32.0 Å². The molecule has 0 atom stereocenters. The predicted molar refractivity (Wildman–Crippen MR) is 80.0 cm³/mol. The smallest absolute Gasteiger partial charge is 0.222 e. The summed E-state index contributed by atoms with van der Waals surface area (Å²) >= 11 is 0. The Morgan fingerprint density at radius 1 is 1.20 bits per heavy atom. The SMILES string of the molecule is CCC(=O)N(CCNC(=O)C(C)C)Cc1ccccc1. The van der Waals surface area contributed by atoms with E-state index >= 15 is 0 Å². The molecule has 0 aliphatic heterocycles. The fourth-order valence-electron chi connectivity index (χ4n) is 1.84. The van der Waals surface area contributed by atoms with Crippen molar-refractivity contribution in [1.82, 2.24) is 10.2 Å². The number of rotatable bonds is 7. The van der Waals surface area contributed by atoms with Crippen LogP contribution in [0.15, 0.2) is 30.3 Å². The van der Waals surface area contributed by atoms with Crippen LogP contribution >= 0.6 is 0 Å². The van der Waals surface area contributed by atoms with Crippen molar-refractivity contribution in [2.24, 2.45) is 5.92 Å². The van der Waals surface area contributed by atoms with Crippen LogP contribution in [0.25, 0.3) is 0 Å². The zero-order chi connectivity index (χ0) is 15.0. The van der Waals surface area contributed by atoms with E-state index in [-0.39, 0.29) is 17.7 Å². The van der Waals surface area contributed by atoms with Crippen molar-refractivity contribution in [3.8, 4) is 0 Å². The Labute approximate surface area is 121 Å². The van der Waals surface area contributed by atoms with Gasteiger partial charge in [0.1, 0.15) is 0 Å².